The van der Waals surface area contributed by atoms with Crippen LogP contribution in [0.1, 0.15) is 18.1 Å². The van der Waals surface area contributed by atoms with E-state index >= 15 is 0 Å². The fourth-order valence-electron chi connectivity index (χ4n) is 2.52. The quantitative estimate of drug-likeness (QED) is 0.680. The fourth-order valence-corrected chi connectivity index (χ4v) is 2.52. The monoisotopic (exact) mass is 365 g/mol. The fraction of sp³-hybridized carbons (Fsp3) is 0.150. The lowest BCUT2D eigenvalue weighted by Gasteiger charge is -2.10. The molecule has 0 bridgehead atoms. The average Bonchev–Trinajstić information content (AvgIpc) is 2.64. The van der Waals surface area contributed by atoms with E-state index in [1.165, 1.54) is 6.21 Å². The van der Waals surface area contributed by atoms with Gasteiger partial charge in [0, 0.05) is 6.21 Å². The number of benzene rings is 2. The van der Waals surface area contributed by atoms with Crippen LogP contribution in [-0.4, -0.2) is 27.5 Å². The Bertz CT molecular complexity index is 1080. The zero-order valence-corrected chi connectivity index (χ0v) is 15.0. The smallest absolute Gasteiger partial charge is 0.335 e. The number of aliphatic imine (C=N–C) groups is 1. The number of ether oxygens (including phenoxy) is 1. The van der Waals surface area contributed by atoms with Gasteiger partial charge in [-0.15, -0.1) is 0 Å². The van der Waals surface area contributed by atoms with Crippen LogP contribution in [0.5, 0.6) is 11.6 Å². The Morgan fingerprint density at radius 2 is 1.78 bits per heavy atom. The normalized spacial score (nSPS) is 11.0. The lowest BCUT2D eigenvalue weighted by molar-refractivity contribution is 0.340. The lowest BCUT2D eigenvalue weighted by atomic mass is 10.2. The summed E-state index contributed by atoms with van der Waals surface area (Å²) >= 11 is 0. The van der Waals surface area contributed by atoms with E-state index < -0.39 is 17.1 Å². The van der Waals surface area contributed by atoms with E-state index in [-0.39, 0.29) is 5.56 Å². The van der Waals surface area contributed by atoms with E-state index in [9.17, 15) is 14.7 Å². The first-order chi connectivity index (χ1) is 13.0. The molecule has 7 heteroatoms. The molecular formula is C20H19N3O4. The highest BCUT2D eigenvalue weighted by molar-refractivity contribution is 5.84. The van der Waals surface area contributed by atoms with E-state index in [4.69, 9.17) is 4.74 Å². The maximum Gasteiger partial charge on any atom is 0.335 e. The molecule has 0 aliphatic carbocycles. The van der Waals surface area contributed by atoms with Crippen molar-refractivity contribution in [2.45, 2.75) is 13.8 Å². The van der Waals surface area contributed by atoms with Gasteiger partial charge in [-0.1, -0.05) is 17.7 Å². The Morgan fingerprint density at radius 1 is 1.11 bits per heavy atom. The van der Waals surface area contributed by atoms with E-state index in [1.807, 2.05) is 26.0 Å². The van der Waals surface area contributed by atoms with E-state index in [1.54, 1.807) is 36.4 Å². The molecule has 1 aromatic heterocycles. The molecule has 2 aromatic carbocycles. The first-order valence-electron chi connectivity index (χ1n) is 8.42. The third-order valence-corrected chi connectivity index (χ3v) is 3.90. The molecule has 138 valence electrons. The van der Waals surface area contributed by atoms with Crippen LogP contribution in [0, 0.1) is 6.92 Å². The van der Waals surface area contributed by atoms with Gasteiger partial charge in [-0.05, 0) is 50.2 Å². The Morgan fingerprint density at radius 3 is 2.41 bits per heavy atom. The van der Waals surface area contributed by atoms with Crippen LogP contribution in [0.15, 0.2) is 63.1 Å². The number of rotatable bonds is 5. The second kappa shape index (κ2) is 7.74. The van der Waals surface area contributed by atoms with Crippen LogP contribution in [0.4, 0.5) is 5.69 Å². The number of nitrogens with one attached hydrogen (secondary N) is 1. The molecule has 0 unspecified atom stereocenters. The maximum absolute atomic E-state index is 12.2. The summed E-state index contributed by atoms with van der Waals surface area (Å²) in [5.41, 5.74) is 0.535. The number of aromatic nitrogens is 2. The van der Waals surface area contributed by atoms with Gasteiger partial charge in [0.15, 0.2) is 0 Å². The van der Waals surface area contributed by atoms with Crippen LogP contribution in [-0.2, 0) is 0 Å². The highest BCUT2D eigenvalue weighted by Crippen LogP contribution is 2.19. The van der Waals surface area contributed by atoms with Gasteiger partial charge in [0.25, 0.3) is 5.56 Å². The summed E-state index contributed by atoms with van der Waals surface area (Å²) in [6.07, 6.45) is 1.24. The number of aromatic hydroxyl groups is 1. The number of hydrogen-bond donors (Lipinski definition) is 2. The van der Waals surface area contributed by atoms with Gasteiger partial charge in [-0.25, -0.2) is 9.36 Å². The van der Waals surface area contributed by atoms with Gasteiger partial charge in [0.2, 0.25) is 5.88 Å². The molecule has 0 atom stereocenters. The zero-order valence-electron chi connectivity index (χ0n) is 15.0. The van der Waals surface area contributed by atoms with Crippen molar-refractivity contribution in [3.63, 3.8) is 0 Å². The van der Waals surface area contributed by atoms with Crippen molar-refractivity contribution in [2.24, 2.45) is 4.99 Å². The molecule has 0 spiro atoms. The van der Waals surface area contributed by atoms with E-state index in [0.29, 0.717) is 23.7 Å². The molecule has 3 aromatic rings. The first-order valence-corrected chi connectivity index (χ1v) is 8.42. The number of H-pyrrole nitrogens is 1. The molecule has 0 radical (unpaired) electrons. The van der Waals surface area contributed by atoms with Crippen LogP contribution in [0.3, 0.4) is 0 Å². The van der Waals surface area contributed by atoms with Gasteiger partial charge in [-0.3, -0.25) is 14.8 Å². The molecule has 0 aliphatic heterocycles. The number of nitrogens with zero attached hydrogens (tertiary/aromatic N) is 2. The van der Waals surface area contributed by atoms with Gasteiger partial charge in [-0.2, -0.15) is 0 Å². The SMILES string of the molecule is CCOc1ccc(-n2c(O)c(C=Nc3ccc(C)cc3)c(=O)[nH]c2=O)cc1. The minimum Gasteiger partial charge on any atom is -0.494 e. The molecule has 0 saturated heterocycles. The molecular weight excluding hydrogens is 346 g/mol. The molecule has 0 saturated carbocycles. The first kappa shape index (κ1) is 18.2. The average molecular weight is 365 g/mol. The topological polar surface area (TPSA) is 96.7 Å². The summed E-state index contributed by atoms with van der Waals surface area (Å²) in [6, 6.07) is 13.9. The molecule has 27 heavy (non-hydrogen) atoms. The maximum atomic E-state index is 12.2. The standard InChI is InChI=1S/C20H19N3O4/c1-3-27-16-10-8-15(9-11-16)23-19(25)17(18(24)22-20(23)26)12-21-14-6-4-13(2)5-7-14/h4-12,25H,3H2,1-2H3,(H,22,24,26). The Balaban J connectivity index is 2.03. The summed E-state index contributed by atoms with van der Waals surface area (Å²) in [7, 11) is 0. The van der Waals surface area contributed by atoms with Crippen molar-refractivity contribution < 1.29 is 9.84 Å². The second-order valence-electron chi connectivity index (χ2n) is 5.85. The highest BCUT2D eigenvalue weighted by Gasteiger charge is 2.14. The van der Waals surface area contributed by atoms with Gasteiger partial charge in [0.05, 0.1) is 18.0 Å². The predicted octanol–water partition coefficient (Wildman–Crippen LogP) is 2.69. The van der Waals surface area contributed by atoms with Crippen molar-refractivity contribution in [1.29, 1.82) is 0 Å². The van der Waals surface area contributed by atoms with Gasteiger partial charge in [0.1, 0.15) is 11.3 Å². The third kappa shape index (κ3) is 3.98. The van der Waals surface area contributed by atoms with Gasteiger partial charge >= 0.3 is 5.69 Å². The Kier molecular flexibility index (Phi) is 5.21. The van der Waals surface area contributed by atoms with Crippen LogP contribution in [0.2, 0.25) is 0 Å². The van der Waals surface area contributed by atoms with Crippen molar-refractivity contribution in [1.82, 2.24) is 9.55 Å². The molecule has 0 amide bonds. The summed E-state index contributed by atoms with van der Waals surface area (Å²) in [4.78, 5) is 30.7. The summed E-state index contributed by atoms with van der Waals surface area (Å²) in [6.45, 7) is 4.34. The van der Waals surface area contributed by atoms with Crippen LogP contribution >= 0.6 is 0 Å². The summed E-state index contributed by atoms with van der Waals surface area (Å²) in [5.74, 6) is 0.156. The van der Waals surface area contributed by atoms with Crippen LogP contribution < -0.4 is 16.0 Å². The predicted molar refractivity (Wildman–Crippen MR) is 104 cm³/mol. The van der Waals surface area contributed by atoms with Crippen molar-refractivity contribution in [2.75, 3.05) is 6.61 Å². The van der Waals surface area contributed by atoms with Crippen molar-refractivity contribution >= 4 is 11.9 Å². The third-order valence-electron chi connectivity index (χ3n) is 3.90. The van der Waals surface area contributed by atoms with Crippen LogP contribution in [0.25, 0.3) is 5.69 Å². The number of aryl methyl sites for hydroxylation is 1. The van der Waals surface area contributed by atoms with Crippen molar-refractivity contribution in [3.05, 3.63) is 80.5 Å². The van der Waals surface area contributed by atoms with Crippen molar-refractivity contribution in [3.8, 4) is 17.3 Å². The largest absolute Gasteiger partial charge is 0.494 e. The summed E-state index contributed by atoms with van der Waals surface area (Å²) < 4.78 is 6.37. The second-order valence-corrected chi connectivity index (χ2v) is 5.85. The lowest BCUT2D eigenvalue weighted by Crippen LogP contribution is -2.31. The molecule has 3 rings (SSSR count). The molecule has 7 nitrogen and oxygen atoms in total. The van der Waals surface area contributed by atoms with E-state index in [0.717, 1.165) is 10.1 Å². The Hall–Kier alpha value is -3.61. The minimum absolute atomic E-state index is 0.107. The van der Waals surface area contributed by atoms with Gasteiger partial charge < -0.3 is 9.84 Å². The molecule has 2 N–H and O–H groups in total. The zero-order chi connectivity index (χ0) is 19.4. The molecule has 0 fully saturated rings. The minimum atomic E-state index is -0.742. The highest BCUT2D eigenvalue weighted by atomic mass is 16.5. The molecule has 1 heterocycles. The number of aromatic amines is 1. The molecule has 0 aliphatic rings. The summed E-state index contributed by atoms with van der Waals surface area (Å²) in [5, 5.41) is 10.5. The Labute approximate surface area is 155 Å². The number of hydrogen-bond acceptors (Lipinski definition) is 5. The van der Waals surface area contributed by atoms with E-state index in [2.05, 4.69) is 9.98 Å².